The maximum absolute atomic E-state index is 11.7. The first-order valence-corrected chi connectivity index (χ1v) is 12.8. The number of amides is 1. The molecular formula is C26H30N4O4S. The highest BCUT2D eigenvalue weighted by Gasteiger charge is 2.29. The molecule has 0 bridgehead atoms. The number of fused-ring (bicyclic) bond motifs is 2. The number of aromatic nitrogens is 1. The monoisotopic (exact) mass is 494 g/mol. The minimum absolute atomic E-state index is 0.0245. The predicted octanol–water partition coefficient (Wildman–Crippen LogP) is 2.55. The molecule has 8 nitrogen and oxygen atoms in total. The van der Waals surface area contributed by atoms with Crippen molar-refractivity contribution in [1.29, 1.82) is 0 Å². The smallest absolute Gasteiger partial charge is 0.234 e. The fraction of sp³-hybridized carbons (Fsp3) is 0.385. The third-order valence-corrected chi connectivity index (χ3v) is 7.76. The van der Waals surface area contributed by atoms with Gasteiger partial charge in [0.15, 0.2) is 0 Å². The minimum atomic E-state index is -0.701. The van der Waals surface area contributed by atoms with Crippen LogP contribution in [0.4, 0.5) is 5.69 Å². The zero-order valence-corrected chi connectivity index (χ0v) is 20.4. The SMILES string of the molecule is COc1ccc2nccc([C@@H](O)CN3CC[C@H](NCc4ccc5c(c4)NC(=O)CS5)[C@@H](O)C3)c2c1. The molecule has 0 saturated carbocycles. The number of methoxy groups -OCH3 is 1. The Morgan fingerprint density at radius 3 is 3.00 bits per heavy atom. The van der Waals surface area contributed by atoms with Crippen molar-refractivity contribution < 1.29 is 19.7 Å². The van der Waals surface area contributed by atoms with E-state index in [0.29, 0.717) is 25.4 Å². The van der Waals surface area contributed by atoms with E-state index in [1.807, 2.05) is 36.4 Å². The summed E-state index contributed by atoms with van der Waals surface area (Å²) in [4.78, 5) is 19.2. The highest BCUT2D eigenvalue weighted by molar-refractivity contribution is 8.00. The van der Waals surface area contributed by atoms with Gasteiger partial charge in [-0.05, 0) is 60.5 Å². The van der Waals surface area contributed by atoms with Gasteiger partial charge in [0, 0.05) is 42.2 Å². The molecule has 5 rings (SSSR count). The largest absolute Gasteiger partial charge is 0.497 e. The summed E-state index contributed by atoms with van der Waals surface area (Å²) in [5.74, 6) is 1.20. The van der Waals surface area contributed by atoms with Gasteiger partial charge in [-0.3, -0.25) is 14.7 Å². The Morgan fingerprint density at radius 2 is 2.17 bits per heavy atom. The third-order valence-electron chi connectivity index (χ3n) is 6.68. The van der Waals surface area contributed by atoms with Gasteiger partial charge >= 0.3 is 0 Å². The first-order valence-electron chi connectivity index (χ1n) is 11.8. The van der Waals surface area contributed by atoms with E-state index in [0.717, 1.165) is 51.3 Å². The number of aliphatic hydroxyl groups excluding tert-OH is 2. The molecule has 0 spiro atoms. The van der Waals surface area contributed by atoms with Gasteiger partial charge in [0.2, 0.25) is 5.91 Å². The summed E-state index contributed by atoms with van der Waals surface area (Å²) >= 11 is 1.55. The second-order valence-corrected chi connectivity index (χ2v) is 10.1. The van der Waals surface area contributed by atoms with Crippen molar-refractivity contribution in [1.82, 2.24) is 15.2 Å². The molecule has 0 aliphatic carbocycles. The van der Waals surface area contributed by atoms with Crippen LogP contribution >= 0.6 is 11.8 Å². The van der Waals surface area contributed by atoms with Gasteiger partial charge in [-0.1, -0.05) is 6.07 Å². The van der Waals surface area contributed by atoms with E-state index in [9.17, 15) is 15.0 Å². The molecule has 35 heavy (non-hydrogen) atoms. The van der Waals surface area contributed by atoms with Crippen molar-refractivity contribution in [2.24, 2.45) is 0 Å². The lowest BCUT2D eigenvalue weighted by Crippen LogP contribution is -2.53. The van der Waals surface area contributed by atoms with Crippen LogP contribution in [0.15, 0.2) is 53.6 Å². The quantitative estimate of drug-likeness (QED) is 0.397. The van der Waals surface area contributed by atoms with Gasteiger partial charge in [0.1, 0.15) is 5.75 Å². The maximum Gasteiger partial charge on any atom is 0.234 e. The summed E-state index contributed by atoms with van der Waals surface area (Å²) in [5, 5.41) is 29.1. The number of rotatable bonds is 7. The van der Waals surface area contributed by atoms with Gasteiger partial charge in [-0.25, -0.2) is 0 Å². The number of nitrogens with zero attached hydrogens (tertiary/aromatic N) is 2. The summed E-state index contributed by atoms with van der Waals surface area (Å²) in [6.45, 7) is 2.30. The highest BCUT2D eigenvalue weighted by atomic mass is 32.2. The second-order valence-electron chi connectivity index (χ2n) is 9.07. The van der Waals surface area contributed by atoms with Crippen molar-refractivity contribution in [2.75, 3.05) is 37.8 Å². The van der Waals surface area contributed by atoms with E-state index in [1.165, 1.54) is 0 Å². The zero-order chi connectivity index (χ0) is 24.4. The van der Waals surface area contributed by atoms with Gasteiger partial charge in [-0.15, -0.1) is 11.8 Å². The molecule has 2 aromatic carbocycles. The lowest BCUT2D eigenvalue weighted by Gasteiger charge is -2.37. The molecule has 4 N–H and O–H groups in total. The van der Waals surface area contributed by atoms with Crippen molar-refractivity contribution in [3.63, 3.8) is 0 Å². The van der Waals surface area contributed by atoms with Crippen LogP contribution in [0.3, 0.4) is 0 Å². The van der Waals surface area contributed by atoms with Crippen LogP contribution < -0.4 is 15.4 Å². The normalized spacial score (nSPS) is 21.4. The van der Waals surface area contributed by atoms with Gasteiger partial charge < -0.3 is 25.6 Å². The lowest BCUT2D eigenvalue weighted by molar-refractivity contribution is -0.113. The summed E-state index contributed by atoms with van der Waals surface area (Å²) < 4.78 is 5.34. The van der Waals surface area contributed by atoms with Crippen molar-refractivity contribution in [3.05, 3.63) is 59.8 Å². The average Bonchev–Trinajstić information content (AvgIpc) is 2.87. The van der Waals surface area contributed by atoms with Crippen LogP contribution in [0.5, 0.6) is 5.75 Å². The van der Waals surface area contributed by atoms with E-state index in [2.05, 4.69) is 26.6 Å². The number of pyridine rings is 1. The van der Waals surface area contributed by atoms with Crippen LogP contribution in [0.1, 0.15) is 23.7 Å². The minimum Gasteiger partial charge on any atom is -0.497 e. The second kappa shape index (κ2) is 10.5. The molecule has 3 heterocycles. The Morgan fingerprint density at radius 1 is 1.29 bits per heavy atom. The predicted molar refractivity (Wildman–Crippen MR) is 137 cm³/mol. The Hall–Kier alpha value is -2.69. The van der Waals surface area contributed by atoms with Gasteiger partial charge in [0.05, 0.1) is 36.3 Å². The fourth-order valence-electron chi connectivity index (χ4n) is 4.80. The molecule has 3 atom stereocenters. The third kappa shape index (κ3) is 5.44. The number of aliphatic hydroxyl groups is 2. The Kier molecular flexibility index (Phi) is 7.22. The van der Waals surface area contributed by atoms with Crippen LogP contribution in [0.2, 0.25) is 0 Å². The standard InChI is InChI=1S/C26H30N4O4S/c1-34-17-3-4-20-19(11-17)18(6-8-27-20)23(31)13-30-9-7-21(24(32)14-30)28-12-16-2-5-25-22(10-16)29-26(33)15-35-25/h2-6,8,10-11,21,23-24,28,31-32H,7,9,12-15H2,1H3,(H,29,33)/t21-,23-,24-/m0/s1. The number of anilines is 1. The van der Waals surface area contributed by atoms with Crippen molar-refractivity contribution >= 4 is 34.3 Å². The highest BCUT2D eigenvalue weighted by Crippen LogP contribution is 2.32. The van der Waals surface area contributed by atoms with E-state index in [1.54, 1.807) is 25.1 Å². The number of benzene rings is 2. The molecular weight excluding hydrogens is 464 g/mol. The lowest BCUT2D eigenvalue weighted by atomic mass is 9.99. The number of likely N-dealkylation sites (tertiary alicyclic amines) is 1. The Bertz CT molecular complexity index is 1220. The molecule has 1 fully saturated rings. The summed E-state index contributed by atoms with van der Waals surface area (Å²) in [5.41, 5.74) is 3.54. The number of hydrogen-bond acceptors (Lipinski definition) is 8. The number of thioether (sulfide) groups is 1. The van der Waals surface area contributed by atoms with Crippen molar-refractivity contribution in [2.45, 2.75) is 36.1 Å². The molecule has 1 amide bonds. The number of nitrogens with one attached hydrogen (secondary N) is 2. The fourth-order valence-corrected chi connectivity index (χ4v) is 5.59. The average molecular weight is 495 g/mol. The molecule has 2 aliphatic rings. The number of carbonyl (C=O) groups excluding carboxylic acids is 1. The van der Waals surface area contributed by atoms with Crippen LogP contribution in [-0.2, 0) is 11.3 Å². The zero-order valence-electron chi connectivity index (χ0n) is 19.6. The number of β-amino-alcohol motifs (C(OH)–C–C–N with tert-alkyl or cyclic N) is 2. The van der Waals surface area contributed by atoms with Crippen LogP contribution in [0, 0.1) is 0 Å². The molecule has 1 saturated heterocycles. The summed E-state index contributed by atoms with van der Waals surface area (Å²) in [6, 6.07) is 13.6. The van der Waals surface area contributed by atoms with Crippen LogP contribution in [0.25, 0.3) is 10.9 Å². The number of piperidine rings is 1. The first kappa shape index (κ1) is 24.0. The molecule has 184 valence electrons. The van der Waals surface area contributed by atoms with Crippen LogP contribution in [-0.4, -0.2) is 70.6 Å². The molecule has 2 aliphatic heterocycles. The van der Waals surface area contributed by atoms with Gasteiger partial charge in [0.25, 0.3) is 0 Å². The van der Waals surface area contributed by atoms with E-state index in [-0.39, 0.29) is 11.9 Å². The summed E-state index contributed by atoms with van der Waals surface area (Å²) in [6.07, 6.45) is 1.24. The topological polar surface area (TPSA) is 107 Å². The molecule has 1 aromatic heterocycles. The van der Waals surface area contributed by atoms with E-state index in [4.69, 9.17) is 4.74 Å². The number of hydrogen-bond donors (Lipinski definition) is 4. The maximum atomic E-state index is 11.7. The first-order chi connectivity index (χ1) is 17.0. The molecule has 9 heteroatoms. The number of ether oxygens (including phenoxy) is 1. The molecule has 0 radical (unpaired) electrons. The number of carbonyl (C=O) groups is 1. The van der Waals surface area contributed by atoms with Crippen molar-refractivity contribution in [3.8, 4) is 5.75 Å². The summed E-state index contributed by atoms with van der Waals surface area (Å²) in [7, 11) is 1.62. The Balaban J connectivity index is 1.17. The van der Waals surface area contributed by atoms with E-state index >= 15 is 0 Å². The van der Waals surface area contributed by atoms with E-state index < -0.39 is 12.2 Å². The van der Waals surface area contributed by atoms with Gasteiger partial charge in [-0.2, -0.15) is 0 Å². The molecule has 3 aromatic rings. The molecule has 0 unspecified atom stereocenters. The Labute approximate surface area is 208 Å².